The Morgan fingerprint density at radius 3 is 2.68 bits per heavy atom. The molecule has 0 saturated heterocycles. The molecule has 1 aromatic rings. The van der Waals surface area contributed by atoms with E-state index >= 15 is 0 Å². The highest BCUT2D eigenvalue weighted by Gasteiger charge is 2.20. The number of rotatable bonds is 6. The molecule has 0 aromatic heterocycles. The van der Waals surface area contributed by atoms with Crippen LogP contribution in [0.4, 0.5) is 0 Å². The first-order valence-corrected chi connectivity index (χ1v) is 7.79. The van der Waals surface area contributed by atoms with Crippen molar-refractivity contribution in [3.05, 3.63) is 35.4 Å². The fourth-order valence-electron chi connectivity index (χ4n) is 3.18. The first-order chi connectivity index (χ1) is 9.29. The minimum absolute atomic E-state index is 0.779. The fourth-order valence-corrected chi connectivity index (χ4v) is 3.18. The van der Waals surface area contributed by atoms with E-state index in [0.717, 1.165) is 32.1 Å². The van der Waals surface area contributed by atoms with Crippen molar-refractivity contribution >= 4 is 0 Å². The zero-order valence-electron chi connectivity index (χ0n) is 12.3. The third-order valence-electron chi connectivity index (χ3n) is 4.21. The van der Waals surface area contributed by atoms with Gasteiger partial charge in [-0.15, -0.1) is 0 Å². The van der Waals surface area contributed by atoms with E-state index < -0.39 is 0 Å². The Kier molecular flexibility index (Phi) is 5.87. The van der Waals surface area contributed by atoms with E-state index in [9.17, 15) is 0 Å². The van der Waals surface area contributed by atoms with E-state index in [1.54, 1.807) is 0 Å². The third-order valence-corrected chi connectivity index (χ3v) is 4.21. The normalized spacial score (nSPS) is 17.0. The number of hydrogen-bond donors (Lipinski definition) is 1. The summed E-state index contributed by atoms with van der Waals surface area (Å²) in [6.45, 7) is 5.22. The van der Waals surface area contributed by atoms with Gasteiger partial charge in [-0.1, -0.05) is 49.1 Å². The van der Waals surface area contributed by atoms with Gasteiger partial charge in [0, 0.05) is 12.6 Å². The van der Waals surface area contributed by atoms with E-state index in [-0.39, 0.29) is 0 Å². The number of hydrogen-bond acceptors (Lipinski definition) is 2. The van der Waals surface area contributed by atoms with Crippen LogP contribution in [0.15, 0.2) is 24.3 Å². The van der Waals surface area contributed by atoms with Crippen LogP contribution < -0.4 is 5.73 Å². The average Bonchev–Trinajstić information content (AvgIpc) is 2.44. The highest BCUT2D eigenvalue weighted by Crippen LogP contribution is 2.24. The lowest BCUT2D eigenvalue weighted by Crippen LogP contribution is -2.37. The van der Waals surface area contributed by atoms with Crippen molar-refractivity contribution < 1.29 is 0 Å². The minimum Gasteiger partial charge on any atom is -0.330 e. The SMILES string of the molecule is Cc1cccc(CN(CCCN)C2CCCCC2)c1. The van der Waals surface area contributed by atoms with Crippen molar-refractivity contribution in [3.63, 3.8) is 0 Å². The highest BCUT2D eigenvalue weighted by molar-refractivity contribution is 5.22. The topological polar surface area (TPSA) is 29.3 Å². The molecular weight excluding hydrogens is 232 g/mol. The third kappa shape index (κ3) is 4.63. The van der Waals surface area contributed by atoms with E-state index in [4.69, 9.17) is 5.73 Å². The van der Waals surface area contributed by atoms with Crippen LogP contribution in [-0.4, -0.2) is 24.0 Å². The van der Waals surface area contributed by atoms with Crippen LogP contribution in [0.25, 0.3) is 0 Å². The second kappa shape index (κ2) is 7.66. The van der Waals surface area contributed by atoms with Gasteiger partial charge in [0.25, 0.3) is 0 Å². The summed E-state index contributed by atoms with van der Waals surface area (Å²) >= 11 is 0. The van der Waals surface area contributed by atoms with Crippen LogP contribution in [-0.2, 0) is 6.54 Å². The predicted octanol–water partition coefficient (Wildman–Crippen LogP) is 3.48. The van der Waals surface area contributed by atoms with Gasteiger partial charge in [0.1, 0.15) is 0 Å². The Hall–Kier alpha value is -0.860. The largest absolute Gasteiger partial charge is 0.330 e. The van der Waals surface area contributed by atoms with Gasteiger partial charge in [0.05, 0.1) is 0 Å². The molecule has 0 radical (unpaired) electrons. The fraction of sp³-hybridized carbons (Fsp3) is 0.647. The molecule has 0 heterocycles. The van der Waals surface area contributed by atoms with Crippen molar-refractivity contribution in [3.8, 4) is 0 Å². The Bertz CT molecular complexity index is 369. The van der Waals surface area contributed by atoms with E-state index in [0.29, 0.717) is 0 Å². The highest BCUT2D eigenvalue weighted by atomic mass is 15.2. The molecule has 2 rings (SSSR count). The molecule has 1 aliphatic rings. The van der Waals surface area contributed by atoms with Gasteiger partial charge in [-0.2, -0.15) is 0 Å². The molecule has 1 aromatic carbocycles. The molecule has 0 atom stereocenters. The van der Waals surface area contributed by atoms with Gasteiger partial charge in [0.15, 0.2) is 0 Å². The minimum atomic E-state index is 0.779. The van der Waals surface area contributed by atoms with Crippen LogP contribution in [0.1, 0.15) is 49.7 Å². The molecule has 0 spiro atoms. The number of nitrogens with two attached hydrogens (primary N) is 1. The zero-order valence-corrected chi connectivity index (χ0v) is 12.3. The molecule has 2 nitrogen and oxygen atoms in total. The maximum absolute atomic E-state index is 5.70. The van der Waals surface area contributed by atoms with Gasteiger partial charge < -0.3 is 5.73 Å². The first-order valence-electron chi connectivity index (χ1n) is 7.79. The van der Waals surface area contributed by atoms with Crippen LogP contribution >= 0.6 is 0 Å². The van der Waals surface area contributed by atoms with E-state index in [1.807, 2.05) is 0 Å². The van der Waals surface area contributed by atoms with Crippen LogP contribution in [0, 0.1) is 6.92 Å². The summed E-state index contributed by atoms with van der Waals surface area (Å²) in [7, 11) is 0. The van der Waals surface area contributed by atoms with Crippen molar-refractivity contribution in [2.24, 2.45) is 5.73 Å². The summed E-state index contributed by atoms with van der Waals surface area (Å²) in [4.78, 5) is 2.67. The van der Waals surface area contributed by atoms with Gasteiger partial charge in [-0.3, -0.25) is 4.90 Å². The van der Waals surface area contributed by atoms with E-state index in [2.05, 4.69) is 36.1 Å². The van der Waals surface area contributed by atoms with E-state index in [1.165, 1.54) is 43.2 Å². The summed E-state index contributed by atoms with van der Waals surface area (Å²) in [5.74, 6) is 0. The molecule has 2 heteroatoms. The lowest BCUT2D eigenvalue weighted by atomic mass is 9.93. The smallest absolute Gasteiger partial charge is 0.0236 e. The lowest BCUT2D eigenvalue weighted by molar-refractivity contribution is 0.147. The second-order valence-corrected chi connectivity index (χ2v) is 5.89. The molecule has 1 fully saturated rings. The Morgan fingerprint density at radius 1 is 1.21 bits per heavy atom. The van der Waals surface area contributed by atoms with Crippen molar-refractivity contribution in [1.82, 2.24) is 4.90 Å². The summed E-state index contributed by atoms with van der Waals surface area (Å²) in [6.07, 6.45) is 8.08. The molecule has 0 amide bonds. The standard InChI is InChI=1S/C17H28N2/c1-15-7-5-8-16(13-15)14-19(12-6-11-18)17-9-3-2-4-10-17/h5,7-8,13,17H,2-4,6,9-12,14,18H2,1H3. The number of aryl methyl sites for hydroxylation is 1. The summed E-state index contributed by atoms with van der Waals surface area (Å²) in [5, 5.41) is 0. The first kappa shape index (κ1) is 14.5. The molecule has 0 aliphatic heterocycles. The summed E-state index contributed by atoms with van der Waals surface area (Å²) in [6, 6.07) is 9.70. The van der Waals surface area contributed by atoms with Crippen LogP contribution in [0.3, 0.4) is 0 Å². The molecule has 1 saturated carbocycles. The maximum atomic E-state index is 5.70. The monoisotopic (exact) mass is 260 g/mol. The van der Waals surface area contributed by atoms with Crippen LogP contribution in [0.5, 0.6) is 0 Å². The van der Waals surface area contributed by atoms with Crippen molar-refractivity contribution in [2.45, 2.75) is 58.0 Å². The number of benzene rings is 1. The van der Waals surface area contributed by atoms with Crippen LogP contribution in [0.2, 0.25) is 0 Å². The summed E-state index contributed by atoms with van der Waals surface area (Å²) in [5.41, 5.74) is 8.51. The van der Waals surface area contributed by atoms with Gasteiger partial charge >= 0.3 is 0 Å². The Labute approximate surface area is 118 Å². The zero-order chi connectivity index (χ0) is 13.5. The molecule has 19 heavy (non-hydrogen) atoms. The van der Waals surface area contributed by atoms with Gasteiger partial charge in [-0.25, -0.2) is 0 Å². The molecule has 106 valence electrons. The maximum Gasteiger partial charge on any atom is 0.0236 e. The molecule has 0 unspecified atom stereocenters. The van der Waals surface area contributed by atoms with Gasteiger partial charge in [0.2, 0.25) is 0 Å². The Balaban J connectivity index is 1.99. The number of nitrogens with zero attached hydrogens (tertiary/aromatic N) is 1. The molecule has 2 N–H and O–H groups in total. The molecular formula is C17H28N2. The lowest BCUT2D eigenvalue weighted by Gasteiger charge is -2.34. The summed E-state index contributed by atoms with van der Waals surface area (Å²) < 4.78 is 0. The molecule has 1 aliphatic carbocycles. The quantitative estimate of drug-likeness (QED) is 0.848. The van der Waals surface area contributed by atoms with Crippen molar-refractivity contribution in [2.75, 3.05) is 13.1 Å². The predicted molar refractivity (Wildman–Crippen MR) is 82.1 cm³/mol. The molecule has 0 bridgehead atoms. The Morgan fingerprint density at radius 2 is 2.00 bits per heavy atom. The average molecular weight is 260 g/mol. The second-order valence-electron chi connectivity index (χ2n) is 5.89. The van der Waals surface area contributed by atoms with Gasteiger partial charge in [-0.05, 0) is 44.8 Å². The van der Waals surface area contributed by atoms with Crippen molar-refractivity contribution in [1.29, 1.82) is 0 Å².